The molecule has 0 bridgehead atoms. The highest BCUT2D eigenvalue weighted by Crippen LogP contribution is 2.32. The summed E-state index contributed by atoms with van der Waals surface area (Å²) in [6.45, 7) is 7.77. The van der Waals surface area contributed by atoms with Crippen molar-refractivity contribution in [3.05, 3.63) is 96.1 Å². The minimum atomic E-state index is -3.82. The quantitative estimate of drug-likeness (QED) is 0.525. The average Bonchev–Trinajstić information content (AvgIpc) is 2.79. The number of nitrogens with zero attached hydrogens (tertiary/aromatic N) is 1. The van der Waals surface area contributed by atoms with Crippen LogP contribution in [0, 0.1) is 0 Å². The van der Waals surface area contributed by atoms with Crippen LogP contribution in [0.4, 0.5) is 5.69 Å². The lowest BCUT2D eigenvalue weighted by Gasteiger charge is -2.37. The number of carbonyl (C=O) groups is 1. The number of anilines is 1. The second-order valence-corrected chi connectivity index (χ2v) is 10.4. The Balaban J connectivity index is 1.72. The summed E-state index contributed by atoms with van der Waals surface area (Å²) in [7, 11) is -3.82. The van der Waals surface area contributed by atoms with Crippen LogP contribution in [-0.4, -0.2) is 42.4 Å². The van der Waals surface area contributed by atoms with Crippen LogP contribution in [0.15, 0.2) is 90.4 Å². The Labute approximate surface area is 199 Å². The van der Waals surface area contributed by atoms with Crippen molar-refractivity contribution in [3.63, 3.8) is 0 Å². The van der Waals surface area contributed by atoms with Crippen LogP contribution in [0.25, 0.3) is 0 Å². The van der Waals surface area contributed by atoms with E-state index in [1.165, 1.54) is 22.5 Å². The zero-order valence-electron chi connectivity index (χ0n) is 18.2. The first-order chi connectivity index (χ1) is 15.7. The molecule has 1 saturated heterocycles. The number of aliphatic hydroxyl groups is 1. The molecule has 0 aromatic heterocycles. The minimum absolute atomic E-state index is 0.0324. The molecular weight excluding hydrogens is 460 g/mol. The molecule has 1 amide bonds. The molecule has 0 atom stereocenters. The van der Waals surface area contributed by atoms with Crippen molar-refractivity contribution in [2.75, 3.05) is 18.4 Å². The number of piperidine rings is 1. The van der Waals surface area contributed by atoms with Crippen molar-refractivity contribution in [3.8, 4) is 0 Å². The number of hydrogen-bond acceptors (Lipinski definition) is 4. The van der Waals surface area contributed by atoms with Gasteiger partial charge in [-0.25, -0.2) is 8.42 Å². The topological polar surface area (TPSA) is 86.7 Å². The fourth-order valence-corrected chi connectivity index (χ4v) is 5.44. The molecule has 8 heteroatoms. The Morgan fingerprint density at radius 2 is 1.85 bits per heavy atom. The number of rotatable bonds is 8. The molecule has 0 radical (unpaired) electrons. The van der Waals surface area contributed by atoms with Crippen molar-refractivity contribution in [2.45, 2.75) is 29.8 Å². The number of hydrogen-bond donors (Lipinski definition) is 2. The zero-order chi connectivity index (χ0) is 24.1. The van der Waals surface area contributed by atoms with Crippen molar-refractivity contribution in [1.29, 1.82) is 0 Å². The monoisotopic (exact) mass is 486 g/mol. The summed E-state index contributed by atoms with van der Waals surface area (Å²) in [5.41, 5.74) is 0.575. The van der Waals surface area contributed by atoms with Crippen LogP contribution in [-0.2, 0) is 10.0 Å². The highest BCUT2D eigenvalue weighted by atomic mass is 35.5. The first kappa shape index (κ1) is 24.9. The number of carbonyl (C=O) groups excluding carboxylic acids is 1. The van der Waals surface area contributed by atoms with Gasteiger partial charge in [0.05, 0.1) is 10.5 Å². The van der Waals surface area contributed by atoms with Gasteiger partial charge < -0.3 is 10.4 Å². The van der Waals surface area contributed by atoms with E-state index in [2.05, 4.69) is 18.5 Å². The van der Waals surface area contributed by atoms with E-state index in [9.17, 15) is 18.3 Å². The summed E-state index contributed by atoms with van der Waals surface area (Å²) < 4.78 is 27.8. The van der Waals surface area contributed by atoms with Gasteiger partial charge in [-0.3, -0.25) is 4.79 Å². The Bertz CT molecular complexity index is 1180. The number of halogens is 1. The number of nitrogens with one attached hydrogen (secondary N) is 1. The highest BCUT2D eigenvalue weighted by molar-refractivity contribution is 7.89. The predicted octanol–water partition coefficient (Wildman–Crippen LogP) is 4.80. The van der Waals surface area contributed by atoms with E-state index >= 15 is 0 Å². The fraction of sp³-hybridized carbons (Fsp3) is 0.240. The molecule has 2 aromatic rings. The number of allylic oxidation sites excluding steroid dienone is 3. The second kappa shape index (κ2) is 10.5. The van der Waals surface area contributed by atoms with Crippen molar-refractivity contribution < 1.29 is 18.3 Å². The summed E-state index contributed by atoms with van der Waals surface area (Å²) in [5, 5.41) is 14.1. The third-order valence-corrected chi connectivity index (χ3v) is 7.73. The third kappa shape index (κ3) is 6.21. The molecule has 0 aliphatic carbocycles. The van der Waals surface area contributed by atoms with Crippen LogP contribution in [0.2, 0.25) is 5.02 Å². The molecule has 1 fully saturated rings. The van der Waals surface area contributed by atoms with Gasteiger partial charge in [0.2, 0.25) is 10.0 Å². The molecule has 2 N–H and O–H groups in total. The van der Waals surface area contributed by atoms with Gasteiger partial charge in [0.15, 0.2) is 0 Å². The minimum Gasteiger partial charge on any atom is -0.389 e. The fourth-order valence-electron chi connectivity index (χ4n) is 3.77. The van der Waals surface area contributed by atoms with E-state index in [-0.39, 0.29) is 23.5 Å². The maximum absolute atomic E-state index is 13.2. The molecule has 33 heavy (non-hydrogen) atoms. The van der Waals surface area contributed by atoms with Gasteiger partial charge in [0.1, 0.15) is 0 Å². The Morgan fingerprint density at radius 1 is 1.15 bits per heavy atom. The first-order valence-corrected chi connectivity index (χ1v) is 12.3. The average molecular weight is 487 g/mol. The molecule has 174 valence electrons. The van der Waals surface area contributed by atoms with Crippen LogP contribution in [0.5, 0.6) is 0 Å². The zero-order valence-corrected chi connectivity index (χ0v) is 19.8. The van der Waals surface area contributed by atoms with Gasteiger partial charge in [-0.2, -0.15) is 4.31 Å². The maximum atomic E-state index is 13.2. The SMILES string of the molecule is C=C/C=C(\C=C)CC1(O)CCN(S(=O)(=O)c2cccc(C(=O)Nc3cccc(Cl)c3)c2)CC1. The van der Waals surface area contributed by atoms with Gasteiger partial charge >= 0.3 is 0 Å². The summed E-state index contributed by atoms with van der Waals surface area (Å²) in [4.78, 5) is 12.7. The van der Waals surface area contributed by atoms with E-state index < -0.39 is 21.5 Å². The molecule has 0 saturated carbocycles. The largest absolute Gasteiger partial charge is 0.389 e. The lowest BCUT2D eigenvalue weighted by molar-refractivity contribution is -0.00368. The number of benzene rings is 2. The molecule has 1 heterocycles. The van der Waals surface area contributed by atoms with Gasteiger partial charge in [-0.05, 0) is 54.8 Å². The first-order valence-electron chi connectivity index (χ1n) is 10.5. The molecule has 6 nitrogen and oxygen atoms in total. The lowest BCUT2D eigenvalue weighted by Crippen LogP contribution is -2.46. The van der Waals surface area contributed by atoms with Crippen LogP contribution in [0.3, 0.4) is 0 Å². The van der Waals surface area contributed by atoms with Crippen molar-refractivity contribution in [2.24, 2.45) is 0 Å². The Kier molecular flexibility index (Phi) is 7.92. The van der Waals surface area contributed by atoms with E-state index in [4.69, 9.17) is 11.6 Å². The summed E-state index contributed by atoms with van der Waals surface area (Å²) in [5.74, 6) is -0.437. The summed E-state index contributed by atoms with van der Waals surface area (Å²) >= 11 is 5.95. The molecule has 3 rings (SSSR count). The smallest absolute Gasteiger partial charge is 0.255 e. The second-order valence-electron chi connectivity index (χ2n) is 7.98. The van der Waals surface area contributed by atoms with E-state index in [0.717, 1.165) is 5.57 Å². The van der Waals surface area contributed by atoms with Crippen LogP contribution >= 0.6 is 11.6 Å². The van der Waals surface area contributed by atoms with Gasteiger partial charge in [-0.1, -0.05) is 55.1 Å². The third-order valence-electron chi connectivity index (χ3n) is 5.60. The van der Waals surface area contributed by atoms with E-state index in [0.29, 0.717) is 30.0 Å². The van der Waals surface area contributed by atoms with Gasteiger partial charge in [0, 0.05) is 35.8 Å². The Morgan fingerprint density at radius 3 is 2.48 bits per heavy atom. The summed E-state index contributed by atoms with van der Waals surface area (Å²) in [6.07, 6.45) is 6.06. The highest BCUT2D eigenvalue weighted by Gasteiger charge is 2.37. The molecule has 2 aromatic carbocycles. The van der Waals surface area contributed by atoms with Crippen molar-refractivity contribution in [1.82, 2.24) is 4.31 Å². The van der Waals surface area contributed by atoms with Gasteiger partial charge in [-0.15, -0.1) is 0 Å². The molecule has 1 aliphatic heterocycles. The number of sulfonamides is 1. The Hall–Kier alpha value is -2.71. The lowest BCUT2D eigenvalue weighted by atomic mass is 9.86. The van der Waals surface area contributed by atoms with E-state index in [1.807, 2.05) is 0 Å². The normalized spacial score (nSPS) is 16.7. The summed E-state index contributed by atoms with van der Waals surface area (Å²) in [6, 6.07) is 12.6. The van der Waals surface area contributed by atoms with Crippen molar-refractivity contribution >= 4 is 33.2 Å². The maximum Gasteiger partial charge on any atom is 0.255 e. The predicted molar refractivity (Wildman–Crippen MR) is 132 cm³/mol. The molecule has 0 spiro atoms. The molecular formula is C25H27ClN2O4S. The van der Waals surface area contributed by atoms with Crippen LogP contribution < -0.4 is 5.32 Å². The standard InChI is InChI=1S/C25H27ClN2O4S/c1-3-7-19(4-2)18-25(30)12-14-28(15-13-25)33(31,32)23-11-5-8-20(16-23)24(29)27-22-10-6-9-21(26)17-22/h3-11,16-17,30H,1-2,12-15,18H2,(H,27,29)/b19-7+. The molecule has 1 aliphatic rings. The number of amides is 1. The van der Waals surface area contributed by atoms with E-state index in [1.54, 1.807) is 48.6 Å². The van der Waals surface area contributed by atoms with Gasteiger partial charge in [0.25, 0.3) is 5.91 Å². The molecule has 0 unspecified atom stereocenters. The van der Waals surface area contributed by atoms with Crippen LogP contribution in [0.1, 0.15) is 29.6 Å².